The van der Waals surface area contributed by atoms with Gasteiger partial charge in [-0.25, -0.2) is 9.78 Å². The minimum absolute atomic E-state index is 0.227. The SMILES string of the molecule is CC(C)(C)OC(=O)Nc1cc2c(cc1C(=N)c1ccnc(N3CCOCC3)c1)OCCO2. The number of pyridine rings is 1. The quantitative estimate of drug-likeness (QED) is 0.702. The van der Waals surface area contributed by atoms with Crippen LogP contribution in [0.2, 0.25) is 0 Å². The molecule has 3 heterocycles. The fraction of sp³-hybridized carbons (Fsp3) is 0.435. The number of benzene rings is 1. The van der Waals surface area contributed by atoms with E-state index in [0.717, 1.165) is 18.9 Å². The second-order valence-corrected chi connectivity index (χ2v) is 8.55. The largest absolute Gasteiger partial charge is 0.486 e. The van der Waals surface area contributed by atoms with Crippen molar-refractivity contribution in [1.82, 2.24) is 4.98 Å². The van der Waals surface area contributed by atoms with Crippen LogP contribution in [0.25, 0.3) is 0 Å². The molecule has 2 aliphatic rings. The number of fused-ring (bicyclic) bond motifs is 1. The number of carbonyl (C=O) groups is 1. The van der Waals surface area contributed by atoms with E-state index in [0.29, 0.717) is 54.7 Å². The molecule has 32 heavy (non-hydrogen) atoms. The van der Waals surface area contributed by atoms with Crippen LogP contribution in [0.5, 0.6) is 11.5 Å². The lowest BCUT2D eigenvalue weighted by atomic mass is 10.00. The van der Waals surface area contributed by atoms with Gasteiger partial charge in [-0.3, -0.25) is 10.7 Å². The molecular weight excluding hydrogens is 412 g/mol. The predicted molar refractivity (Wildman–Crippen MR) is 120 cm³/mol. The van der Waals surface area contributed by atoms with Crippen LogP contribution in [0.15, 0.2) is 30.5 Å². The Labute approximate surface area is 187 Å². The summed E-state index contributed by atoms with van der Waals surface area (Å²) in [5.41, 5.74) is 1.16. The minimum Gasteiger partial charge on any atom is -0.486 e. The molecule has 2 aliphatic heterocycles. The Morgan fingerprint density at radius 2 is 1.78 bits per heavy atom. The zero-order valence-electron chi connectivity index (χ0n) is 18.6. The van der Waals surface area contributed by atoms with Crippen molar-refractivity contribution in [3.05, 3.63) is 41.6 Å². The number of amides is 1. The van der Waals surface area contributed by atoms with E-state index < -0.39 is 11.7 Å². The van der Waals surface area contributed by atoms with Gasteiger partial charge >= 0.3 is 6.09 Å². The average Bonchev–Trinajstić information content (AvgIpc) is 2.77. The number of nitrogens with zero attached hydrogens (tertiary/aromatic N) is 2. The fourth-order valence-electron chi connectivity index (χ4n) is 3.51. The molecule has 170 valence electrons. The van der Waals surface area contributed by atoms with Crippen molar-refractivity contribution in [3.63, 3.8) is 0 Å². The molecular formula is C23H28N4O5. The first-order chi connectivity index (χ1) is 15.3. The maximum atomic E-state index is 12.5. The maximum absolute atomic E-state index is 12.5. The molecule has 9 heteroatoms. The van der Waals surface area contributed by atoms with Gasteiger partial charge in [-0.15, -0.1) is 0 Å². The Morgan fingerprint density at radius 1 is 1.09 bits per heavy atom. The summed E-state index contributed by atoms with van der Waals surface area (Å²) in [7, 11) is 0. The normalized spacial score (nSPS) is 15.8. The molecule has 1 aromatic heterocycles. The molecule has 0 aliphatic carbocycles. The van der Waals surface area contributed by atoms with Gasteiger partial charge in [0.1, 0.15) is 24.6 Å². The number of anilines is 2. The molecule has 0 spiro atoms. The lowest BCUT2D eigenvalue weighted by Gasteiger charge is -2.28. The number of hydrogen-bond acceptors (Lipinski definition) is 8. The maximum Gasteiger partial charge on any atom is 0.412 e. The van der Waals surface area contributed by atoms with Crippen molar-refractivity contribution in [2.75, 3.05) is 49.7 Å². The molecule has 0 saturated carbocycles. The first-order valence-corrected chi connectivity index (χ1v) is 10.6. The van der Waals surface area contributed by atoms with E-state index in [9.17, 15) is 4.79 Å². The van der Waals surface area contributed by atoms with Crippen molar-refractivity contribution in [2.24, 2.45) is 0 Å². The molecule has 9 nitrogen and oxygen atoms in total. The molecule has 0 atom stereocenters. The highest BCUT2D eigenvalue weighted by Crippen LogP contribution is 2.37. The molecule has 0 bridgehead atoms. The fourth-order valence-corrected chi connectivity index (χ4v) is 3.51. The van der Waals surface area contributed by atoms with Crippen LogP contribution in [0, 0.1) is 5.41 Å². The van der Waals surface area contributed by atoms with Gasteiger partial charge in [-0.05, 0) is 39.0 Å². The van der Waals surface area contributed by atoms with E-state index in [1.165, 1.54) is 0 Å². The number of carbonyl (C=O) groups excluding carboxylic acids is 1. The van der Waals surface area contributed by atoms with E-state index in [-0.39, 0.29) is 5.71 Å². The number of nitrogens with one attached hydrogen (secondary N) is 2. The lowest BCUT2D eigenvalue weighted by Crippen LogP contribution is -2.36. The van der Waals surface area contributed by atoms with E-state index in [2.05, 4.69) is 15.2 Å². The second kappa shape index (κ2) is 9.04. The van der Waals surface area contributed by atoms with Crippen LogP contribution in [0.1, 0.15) is 31.9 Å². The predicted octanol–water partition coefficient (Wildman–Crippen LogP) is 3.45. The molecule has 0 radical (unpaired) electrons. The van der Waals surface area contributed by atoms with Gasteiger partial charge in [0.15, 0.2) is 11.5 Å². The summed E-state index contributed by atoms with van der Waals surface area (Å²) in [4.78, 5) is 19.1. The van der Waals surface area contributed by atoms with Gasteiger partial charge in [0.05, 0.1) is 24.6 Å². The molecule has 1 aromatic carbocycles. The molecule has 1 saturated heterocycles. The van der Waals surface area contributed by atoms with Crippen molar-refractivity contribution < 1.29 is 23.7 Å². The molecule has 1 fully saturated rings. The molecule has 4 rings (SSSR count). The smallest absolute Gasteiger partial charge is 0.412 e. The third-order valence-corrected chi connectivity index (χ3v) is 4.96. The van der Waals surface area contributed by atoms with Gasteiger partial charge in [0.2, 0.25) is 0 Å². The lowest BCUT2D eigenvalue weighted by molar-refractivity contribution is 0.0636. The van der Waals surface area contributed by atoms with E-state index >= 15 is 0 Å². The Balaban J connectivity index is 1.66. The zero-order chi connectivity index (χ0) is 22.7. The summed E-state index contributed by atoms with van der Waals surface area (Å²) in [6, 6.07) is 7.05. The average molecular weight is 441 g/mol. The Bertz CT molecular complexity index is 1010. The molecule has 2 aromatic rings. The summed E-state index contributed by atoms with van der Waals surface area (Å²) >= 11 is 0. The van der Waals surface area contributed by atoms with Crippen molar-refractivity contribution in [1.29, 1.82) is 5.41 Å². The summed E-state index contributed by atoms with van der Waals surface area (Å²) in [5.74, 6) is 1.84. The Hall–Kier alpha value is -3.33. The summed E-state index contributed by atoms with van der Waals surface area (Å²) in [6.45, 7) is 9.03. The van der Waals surface area contributed by atoms with Crippen molar-refractivity contribution in [2.45, 2.75) is 26.4 Å². The van der Waals surface area contributed by atoms with E-state index in [4.69, 9.17) is 24.4 Å². The Morgan fingerprint density at radius 3 is 2.47 bits per heavy atom. The van der Waals surface area contributed by atoms with Crippen LogP contribution in [-0.2, 0) is 9.47 Å². The van der Waals surface area contributed by atoms with Gasteiger partial charge in [-0.2, -0.15) is 0 Å². The van der Waals surface area contributed by atoms with Crippen molar-refractivity contribution in [3.8, 4) is 11.5 Å². The highest BCUT2D eigenvalue weighted by Gasteiger charge is 2.23. The minimum atomic E-state index is -0.649. The number of hydrogen-bond donors (Lipinski definition) is 2. The Kier molecular flexibility index (Phi) is 6.18. The van der Waals surface area contributed by atoms with Crippen LogP contribution >= 0.6 is 0 Å². The first-order valence-electron chi connectivity index (χ1n) is 10.6. The number of ether oxygens (including phenoxy) is 4. The number of rotatable bonds is 4. The standard InChI is InChI=1S/C23H28N4O5/c1-23(2,3)32-22(28)26-17-14-19-18(30-10-11-31-19)13-16(17)21(24)15-4-5-25-20(12-15)27-6-8-29-9-7-27/h4-5,12-14,24H,6-11H2,1-3H3,(H,26,28). The monoisotopic (exact) mass is 440 g/mol. The van der Waals surface area contributed by atoms with E-state index in [1.54, 1.807) is 45.2 Å². The molecule has 1 amide bonds. The van der Waals surface area contributed by atoms with Crippen LogP contribution in [-0.4, -0.2) is 61.9 Å². The first kappa shape index (κ1) is 21.9. The summed E-state index contributed by atoms with van der Waals surface area (Å²) in [6.07, 6.45) is 1.08. The summed E-state index contributed by atoms with van der Waals surface area (Å²) < 4.78 is 22.2. The van der Waals surface area contributed by atoms with Crippen molar-refractivity contribution >= 4 is 23.3 Å². The highest BCUT2D eigenvalue weighted by atomic mass is 16.6. The third kappa shape index (κ3) is 5.11. The van der Waals surface area contributed by atoms with Crippen LogP contribution in [0.3, 0.4) is 0 Å². The number of morpholine rings is 1. The van der Waals surface area contributed by atoms with E-state index in [1.807, 2.05) is 6.07 Å². The highest BCUT2D eigenvalue weighted by molar-refractivity contribution is 6.15. The molecule has 2 N–H and O–H groups in total. The van der Waals surface area contributed by atoms with Crippen LogP contribution < -0.4 is 19.7 Å². The summed E-state index contributed by atoms with van der Waals surface area (Å²) in [5, 5.41) is 11.7. The van der Waals surface area contributed by atoms with Gasteiger partial charge in [-0.1, -0.05) is 0 Å². The number of aromatic nitrogens is 1. The second-order valence-electron chi connectivity index (χ2n) is 8.55. The van der Waals surface area contributed by atoms with Gasteiger partial charge in [0.25, 0.3) is 0 Å². The third-order valence-electron chi connectivity index (χ3n) is 4.96. The van der Waals surface area contributed by atoms with Gasteiger partial charge < -0.3 is 23.8 Å². The van der Waals surface area contributed by atoms with Crippen LogP contribution in [0.4, 0.5) is 16.3 Å². The van der Waals surface area contributed by atoms with Gasteiger partial charge in [0, 0.05) is 36.5 Å². The molecule has 0 unspecified atom stereocenters. The topological polar surface area (TPSA) is 106 Å². The zero-order valence-corrected chi connectivity index (χ0v) is 18.6.